The van der Waals surface area contributed by atoms with Crippen molar-refractivity contribution in [2.75, 3.05) is 4.90 Å². The van der Waals surface area contributed by atoms with E-state index < -0.39 is 0 Å². The fourth-order valence-electron chi connectivity index (χ4n) is 7.10. The summed E-state index contributed by atoms with van der Waals surface area (Å²) in [6, 6.07) is 56.3. The summed E-state index contributed by atoms with van der Waals surface area (Å²) in [4.78, 5) is 12.7. The van der Waals surface area contributed by atoms with Gasteiger partial charge >= 0.3 is 0 Å². The molecule has 0 N–H and O–H groups in total. The van der Waals surface area contributed by atoms with Gasteiger partial charge in [-0.15, -0.1) is 0 Å². The topological polar surface area (TPSA) is 21.1 Å². The molecular weight excluding hydrogens is 683 g/mol. The Kier molecular flexibility index (Phi) is 8.80. The van der Waals surface area contributed by atoms with Crippen LogP contribution in [0.5, 0.6) is 0 Å². The number of nitrogens with zero attached hydrogens (tertiary/aromatic N) is 3. The van der Waals surface area contributed by atoms with Crippen LogP contribution < -0.4 is 4.90 Å². The summed E-state index contributed by atoms with van der Waals surface area (Å²) in [6.45, 7) is 6.19. The number of hydrogen-bond donors (Lipinski definition) is 0. The molecule has 0 radical (unpaired) electrons. The summed E-state index contributed by atoms with van der Waals surface area (Å²) in [5, 5.41) is 2.45. The Balaban J connectivity index is 1.35. The van der Waals surface area contributed by atoms with Gasteiger partial charge in [0.05, 0.1) is 28.1 Å². The van der Waals surface area contributed by atoms with Crippen LogP contribution in [0.15, 0.2) is 208 Å². The number of allylic oxidation sites excluding steroid dienone is 5. The molecule has 0 spiro atoms. The third kappa shape index (κ3) is 6.08. The van der Waals surface area contributed by atoms with Gasteiger partial charge in [-0.2, -0.15) is 0 Å². The first-order chi connectivity index (χ1) is 26.2. The second kappa shape index (κ2) is 14.2. The fraction of sp³-hybridized carbons (Fsp3) is 0.0208. The fourth-order valence-corrected chi connectivity index (χ4v) is 9.51. The van der Waals surface area contributed by atoms with Crippen LogP contribution in [0.25, 0.3) is 44.3 Å². The zero-order chi connectivity index (χ0) is 35.7. The Morgan fingerprint density at radius 2 is 1.28 bits per heavy atom. The molecule has 254 valence electrons. The molecule has 0 fully saturated rings. The largest absolute Gasteiger partial charge is 0.310 e. The van der Waals surface area contributed by atoms with Crippen LogP contribution in [0.3, 0.4) is 0 Å². The van der Waals surface area contributed by atoms with Crippen LogP contribution in [-0.4, -0.2) is 9.55 Å². The molecule has 0 saturated heterocycles. The van der Waals surface area contributed by atoms with E-state index in [4.69, 9.17) is 4.98 Å². The monoisotopic (exact) mass is 717 g/mol. The van der Waals surface area contributed by atoms with Gasteiger partial charge < -0.3 is 9.47 Å². The minimum atomic E-state index is 0.872. The maximum absolute atomic E-state index is 5.20. The average Bonchev–Trinajstić information content (AvgIpc) is 3.56. The third-order valence-electron chi connectivity index (χ3n) is 9.52. The van der Waals surface area contributed by atoms with Crippen LogP contribution in [0.4, 0.5) is 17.1 Å². The van der Waals surface area contributed by atoms with E-state index in [-0.39, 0.29) is 0 Å². The molecule has 6 aromatic carbocycles. The van der Waals surface area contributed by atoms with E-state index in [0.29, 0.717) is 0 Å². The first-order valence-electron chi connectivity index (χ1n) is 17.7. The Hall–Kier alpha value is -6.01. The lowest BCUT2D eigenvalue weighted by molar-refractivity contribution is 1.13. The van der Waals surface area contributed by atoms with Crippen molar-refractivity contribution in [2.24, 2.45) is 0 Å². The second-order valence-corrected chi connectivity index (χ2v) is 14.9. The molecule has 2 aromatic heterocycles. The Morgan fingerprint density at radius 1 is 0.642 bits per heavy atom. The minimum absolute atomic E-state index is 0.872. The van der Waals surface area contributed by atoms with Gasteiger partial charge in [-0.25, -0.2) is 4.98 Å². The maximum Gasteiger partial charge on any atom is 0.0730 e. The number of fused-ring (bicyclic) bond motifs is 6. The van der Waals surface area contributed by atoms with Crippen molar-refractivity contribution < 1.29 is 0 Å². The van der Waals surface area contributed by atoms with E-state index in [1.54, 1.807) is 0 Å². The minimum Gasteiger partial charge on any atom is -0.310 e. The Bertz CT molecular complexity index is 2650. The molecule has 0 saturated carbocycles. The highest BCUT2D eigenvalue weighted by Gasteiger charge is 2.25. The Labute approximate surface area is 318 Å². The standard InChI is InChI=1S/C48H35N3S2/c1-3-5-17-33(4-2)40-31-38(32-41(49-40)34-18-9-6-10-19-34)51-42-27-26-37(50(35-20-11-7-12-21-35)36-22-13-8-14-23-36)30-39(42)47-43(51)28-29-46-48(47)53-45-25-16-15-24-44(45)52-46/h3-32H,2H2,1H3/b5-3-,33-17+. The first kappa shape index (κ1) is 32.9. The zero-order valence-corrected chi connectivity index (χ0v) is 30.8. The highest BCUT2D eigenvalue weighted by molar-refractivity contribution is 8.05. The summed E-state index contributed by atoms with van der Waals surface area (Å²) in [6.07, 6.45) is 8.04. The molecule has 0 bridgehead atoms. The molecule has 9 rings (SSSR count). The van der Waals surface area contributed by atoms with E-state index >= 15 is 0 Å². The molecule has 5 heteroatoms. The van der Waals surface area contributed by atoms with E-state index in [1.165, 1.54) is 30.4 Å². The number of anilines is 3. The van der Waals surface area contributed by atoms with Gasteiger partial charge in [0.25, 0.3) is 0 Å². The Morgan fingerprint density at radius 3 is 1.96 bits per heavy atom. The van der Waals surface area contributed by atoms with Crippen molar-refractivity contribution in [3.05, 3.63) is 194 Å². The van der Waals surface area contributed by atoms with Gasteiger partial charge in [0.2, 0.25) is 0 Å². The third-order valence-corrected chi connectivity index (χ3v) is 12.1. The molecule has 0 atom stereocenters. The zero-order valence-electron chi connectivity index (χ0n) is 29.2. The molecule has 0 unspecified atom stereocenters. The van der Waals surface area contributed by atoms with Crippen LogP contribution in [0, 0.1) is 0 Å². The second-order valence-electron chi connectivity index (χ2n) is 12.8. The highest BCUT2D eigenvalue weighted by Crippen LogP contribution is 2.53. The molecule has 0 amide bonds. The van der Waals surface area contributed by atoms with Gasteiger partial charge in [-0.1, -0.05) is 133 Å². The van der Waals surface area contributed by atoms with Gasteiger partial charge in [0.15, 0.2) is 0 Å². The number of benzene rings is 6. The van der Waals surface area contributed by atoms with Crippen LogP contribution in [0.2, 0.25) is 0 Å². The van der Waals surface area contributed by atoms with Crippen molar-refractivity contribution in [2.45, 2.75) is 26.5 Å². The van der Waals surface area contributed by atoms with Crippen LogP contribution in [-0.2, 0) is 0 Å². The molecule has 53 heavy (non-hydrogen) atoms. The van der Waals surface area contributed by atoms with Crippen molar-refractivity contribution in [3.8, 4) is 16.9 Å². The van der Waals surface area contributed by atoms with Gasteiger partial charge in [-0.3, -0.25) is 0 Å². The predicted octanol–water partition coefficient (Wildman–Crippen LogP) is 14.1. The van der Waals surface area contributed by atoms with Crippen molar-refractivity contribution in [1.29, 1.82) is 0 Å². The predicted molar refractivity (Wildman–Crippen MR) is 226 cm³/mol. The first-order valence-corrected chi connectivity index (χ1v) is 19.3. The quantitative estimate of drug-likeness (QED) is 0.146. The molecular formula is C48H35N3S2. The number of pyridine rings is 1. The van der Waals surface area contributed by atoms with Crippen molar-refractivity contribution >= 4 is 68.0 Å². The summed E-state index contributed by atoms with van der Waals surface area (Å²) in [5.41, 5.74) is 10.5. The summed E-state index contributed by atoms with van der Waals surface area (Å²) < 4.78 is 2.42. The molecule has 1 aliphatic rings. The van der Waals surface area contributed by atoms with Crippen LogP contribution in [0.1, 0.15) is 12.6 Å². The van der Waals surface area contributed by atoms with E-state index in [1.807, 2.05) is 54.7 Å². The molecule has 8 aromatic rings. The SMILES string of the molecule is C=C/C(=C\C=C/C)c1cc(-n2c3ccc(N(c4ccccc4)c4ccccc4)cc3c3c4c(ccc32)Sc2ccccc2S4)cc(-c2ccccc2)n1. The van der Waals surface area contributed by atoms with Crippen molar-refractivity contribution in [3.63, 3.8) is 0 Å². The van der Waals surface area contributed by atoms with E-state index in [2.05, 4.69) is 174 Å². The summed E-state index contributed by atoms with van der Waals surface area (Å²) >= 11 is 3.73. The molecule has 3 heterocycles. The molecule has 0 aliphatic carbocycles. The normalized spacial score (nSPS) is 12.6. The number of hydrogen-bond acceptors (Lipinski definition) is 4. The average molecular weight is 718 g/mol. The van der Waals surface area contributed by atoms with E-state index in [9.17, 15) is 0 Å². The van der Waals surface area contributed by atoms with Crippen LogP contribution >= 0.6 is 23.5 Å². The highest BCUT2D eigenvalue weighted by atomic mass is 32.2. The number of aromatic nitrogens is 2. The molecule has 1 aliphatic heterocycles. The number of para-hydroxylation sites is 2. The van der Waals surface area contributed by atoms with Gasteiger partial charge in [0, 0.05) is 53.0 Å². The summed E-state index contributed by atoms with van der Waals surface area (Å²) in [7, 11) is 0. The van der Waals surface area contributed by atoms with Gasteiger partial charge in [-0.05, 0) is 91.4 Å². The lowest BCUT2D eigenvalue weighted by Gasteiger charge is -2.25. The maximum atomic E-state index is 5.20. The van der Waals surface area contributed by atoms with Crippen molar-refractivity contribution in [1.82, 2.24) is 9.55 Å². The van der Waals surface area contributed by atoms with Gasteiger partial charge in [0.1, 0.15) is 0 Å². The number of rotatable bonds is 8. The lowest BCUT2D eigenvalue weighted by Crippen LogP contribution is -2.09. The summed E-state index contributed by atoms with van der Waals surface area (Å²) in [5.74, 6) is 0. The lowest BCUT2D eigenvalue weighted by atomic mass is 10.1. The smallest absolute Gasteiger partial charge is 0.0730 e. The van der Waals surface area contributed by atoms with E-state index in [0.717, 1.165) is 56.3 Å². The molecule has 3 nitrogen and oxygen atoms in total.